The lowest BCUT2D eigenvalue weighted by Gasteiger charge is -2.17. The van der Waals surface area contributed by atoms with E-state index in [4.69, 9.17) is 11.6 Å². The Bertz CT molecular complexity index is 916. The number of halogens is 1. The zero-order valence-corrected chi connectivity index (χ0v) is 17.3. The van der Waals surface area contributed by atoms with Crippen molar-refractivity contribution < 1.29 is 27.9 Å². The first-order chi connectivity index (χ1) is 13.1. The van der Waals surface area contributed by atoms with Crippen LogP contribution in [0.3, 0.4) is 0 Å². The van der Waals surface area contributed by atoms with E-state index >= 15 is 0 Å². The number of rotatable bonds is 6. The van der Waals surface area contributed by atoms with Crippen molar-refractivity contribution in [3.8, 4) is 0 Å². The van der Waals surface area contributed by atoms with Gasteiger partial charge in [0.1, 0.15) is 16.8 Å². The normalized spacial score (nSPS) is 15.2. The number of methoxy groups -OCH3 is 1. The maximum absolute atomic E-state index is 12.9. The highest BCUT2D eigenvalue weighted by atomic mass is 35.5. The molecule has 1 unspecified atom stereocenters. The van der Waals surface area contributed by atoms with E-state index in [0.717, 1.165) is 5.56 Å². The molecule has 0 aliphatic carbocycles. The van der Waals surface area contributed by atoms with Crippen LogP contribution in [0.5, 0.6) is 0 Å². The number of nitrogens with zero attached hydrogens (tertiary/aromatic N) is 2. The van der Waals surface area contributed by atoms with Crippen LogP contribution in [-0.2, 0) is 30.8 Å². The molecular weight excluding hydrogens is 410 g/mol. The lowest BCUT2D eigenvalue weighted by molar-refractivity contribution is -0.141. The monoisotopic (exact) mass is 431 g/mol. The van der Waals surface area contributed by atoms with E-state index in [2.05, 4.69) is 14.5 Å². The SMILES string of the molecule is COC(=O)C(C)N=C(CCO)NS(=O)(=O)c1cc2c(cc1Cl)CCN2C(C)=O. The fourth-order valence-electron chi connectivity index (χ4n) is 2.84. The van der Waals surface area contributed by atoms with Gasteiger partial charge in [0.25, 0.3) is 10.0 Å². The third kappa shape index (κ3) is 4.81. The van der Waals surface area contributed by atoms with Crippen molar-refractivity contribution in [1.29, 1.82) is 0 Å². The first kappa shape index (κ1) is 22.1. The molecule has 9 nitrogen and oxygen atoms in total. The van der Waals surface area contributed by atoms with Gasteiger partial charge in [0.15, 0.2) is 0 Å². The van der Waals surface area contributed by atoms with Gasteiger partial charge in [0, 0.05) is 25.6 Å². The summed E-state index contributed by atoms with van der Waals surface area (Å²) in [6.45, 7) is 2.90. The number of amides is 1. The van der Waals surface area contributed by atoms with Crippen LogP contribution in [0.15, 0.2) is 22.0 Å². The van der Waals surface area contributed by atoms with Crippen LogP contribution >= 0.6 is 11.6 Å². The Morgan fingerprint density at radius 2 is 2.11 bits per heavy atom. The number of ether oxygens (including phenoxy) is 1. The van der Waals surface area contributed by atoms with Crippen LogP contribution in [-0.4, -0.2) is 57.5 Å². The van der Waals surface area contributed by atoms with E-state index in [1.54, 1.807) is 0 Å². The Kier molecular flexibility index (Phi) is 7.02. The van der Waals surface area contributed by atoms with Crippen LogP contribution in [0.2, 0.25) is 5.02 Å². The summed E-state index contributed by atoms with van der Waals surface area (Å²) in [7, 11) is -2.99. The molecule has 0 radical (unpaired) electrons. The van der Waals surface area contributed by atoms with Crippen molar-refractivity contribution in [3.05, 3.63) is 22.7 Å². The van der Waals surface area contributed by atoms with Crippen LogP contribution in [0, 0.1) is 0 Å². The molecular formula is C17H22ClN3O6S. The molecule has 1 aromatic rings. The molecule has 0 fully saturated rings. The number of nitrogens with one attached hydrogen (secondary N) is 1. The van der Waals surface area contributed by atoms with Gasteiger partial charge >= 0.3 is 5.97 Å². The lowest BCUT2D eigenvalue weighted by Crippen LogP contribution is -2.34. The fraction of sp³-hybridized carbons (Fsp3) is 0.471. The fourth-order valence-corrected chi connectivity index (χ4v) is 4.48. The number of benzene rings is 1. The number of esters is 1. The van der Waals surface area contributed by atoms with E-state index in [9.17, 15) is 23.1 Å². The molecule has 28 heavy (non-hydrogen) atoms. The van der Waals surface area contributed by atoms with Crippen molar-refractivity contribution in [2.45, 2.75) is 37.6 Å². The second-order valence-electron chi connectivity index (χ2n) is 6.19. The number of hydrogen-bond acceptors (Lipinski definition) is 7. The quantitative estimate of drug-likeness (QED) is 0.391. The minimum absolute atomic E-state index is 0.000942. The number of anilines is 1. The first-order valence-electron chi connectivity index (χ1n) is 8.49. The molecule has 1 atom stereocenters. The lowest BCUT2D eigenvalue weighted by atomic mass is 10.2. The second-order valence-corrected chi connectivity index (χ2v) is 8.24. The highest BCUT2D eigenvalue weighted by Crippen LogP contribution is 2.35. The first-order valence-corrected chi connectivity index (χ1v) is 10.4. The molecule has 1 aliphatic heterocycles. The maximum Gasteiger partial charge on any atom is 0.330 e. The molecule has 1 heterocycles. The predicted molar refractivity (Wildman–Crippen MR) is 104 cm³/mol. The summed E-state index contributed by atoms with van der Waals surface area (Å²) in [4.78, 5) is 28.5. The number of sulfonamides is 1. The van der Waals surface area contributed by atoms with Crippen LogP contribution in [0.4, 0.5) is 5.69 Å². The Morgan fingerprint density at radius 1 is 1.43 bits per heavy atom. The zero-order chi connectivity index (χ0) is 21.1. The molecule has 0 spiro atoms. The standard InChI is InChI=1S/C17H22ClN3O6S/c1-10(17(24)27-3)19-16(5-7-22)20-28(25,26)15-9-14-12(8-13(15)18)4-6-21(14)11(2)23/h8-10,22H,4-7H2,1-3H3,(H,19,20). The van der Waals surface area contributed by atoms with Gasteiger partial charge in [0.05, 0.1) is 18.7 Å². The Morgan fingerprint density at radius 3 is 2.68 bits per heavy atom. The molecule has 0 aromatic heterocycles. The highest BCUT2D eigenvalue weighted by molar-refractivity contribution is 7.90. The summed E-state index contributed by atoms with van der Waals surface area (Å²) in [6.07, 6.45) is 0.457. The summed E-state index contributed by atoms with van der Waals surface area (Å²) < 4.78 is 32.5. The molecule has 154 valence electrons. The van der Waals surface area contributed by atoms with E-state index in [0.29, 0.717) is 18.7 Å². The summed E-state index contributed by atoms with van der Waals surface area (Å²) >= 11 is 6.17. The van der Waals surface area contributed by atoms with Crippen molar-refractivity contribution in [2.75, 3.05) is 25.2 Å². The average molecular weight is 432 g/mol. The van der Waals surface area contributed by atoms with Gasteiger partial charge in [-0.25, -0.2) is 13.2 Å². The van der Waals surface area contributed by atoms with E-state index < -0.39 is 22.0 Å². The summed E-state index contributed by atoms with van der Waals surface area (Å²) in [5, 5.41) is 9.19. The van der Waals surface area contributed by atoms with Crippen molar-refractivity contribution in [3.63, 3.8) is 0 Å². The average Bonchev–Trinajstić information content (AvgIpc) is 3.02. The van der Waals surface area contributed by atoms with Gasteiger partial charge < -0.3 is 14.7 Å². The molecule has 0 saturated heterocycles. The van der Waals surface area contributed by atoms with E-state index in [1.807, 2.05) is 0 Å². The molecule has 1 aliphatic rings. The summed E-state index contributed by atoms with van der Waals surface area (Å²) in [6, 6.07) is 1.90. The summed E-state index contributed by atoms with van der Waals surface area (Å²) in [5.74, 6) is -0.963. The zero-order valence-electron chi connectivity index (χ0n) is 15.7. The van der Waals surface area contributed by atoms with E-state index in [1.165, 1.54) is 38.0 Å². The van der Waals surface area contributed by atoms with Gasteiger partial charge in [-0.05, 0) is 31.0 Å². The molecule has 2 rings (SSSR count). The van der Waals surface area contributed by atoms with Crippen molar-refractivity contribution in [1.82, 2.24) is 4.72 Å². The molecule has 1 aromatic carbocycles. The largest absolute Gasteiger partial charge is 0.467 e. The third-order valence-electron chi connectivity index (χ3n) is 4.19. The van der Waals surface area contributed by atoms with E-state index in [-0.39, 0.29) is 34.7 Å². The Labute approximate surface area is 168 Å². The minimum atomic E-state index is -4.18. The van der Waals surface area contributed by atoms with Crippen LogP contribution in [0.1, 0.15) is 25.8 Å². The highest BCUT2D eigenvalue weighted by Gasteiger charge is 2.28. The van der Waals surface area contributed by atoms with Crippen molar-refractivity contribution in [2.24, 2.45) is 4.99 Å². The number of carbonyl (C=O) groups is 2. The molecule has 2 N–H and O–H groups in total. The molecule has 11 heteroatoms. The van der Waals surface area contributed by atoms with Gasteiger partial charge in [0.2, 0.25) is 5.91 Å². The smallest absolute Gasteiger partial charge is 0.330 e. The molecule has 1 amide bonds. The predicted octanol–water partition coefficient (Wildman–Crippen LogP) is 0.870. The number of aliphatic hydroxyl groups is 1. The minimum Gasteiger partial charge on any atom is -0.467 e. The van der Waals surface area contributed by atoms with Gasteiger partial charge in [-0.3, -0.25) is 14.5 Å². The number of carbonyl (C=O) groups excluding carboxylic acids is 2. The Hall–Kier alpha value is -2.17. The van der Waals surface area contributed by atoms with Gasteiger partial charge in [-0.15, -0.1) is 0 Å². The number of aliphatic hydroxyl groups excluding tert-OH is 1. The van der Waals surface area contributed by atoms with Gasteiger partial charge in [-0.2, -0.15) is 0 Å². The maximum atomic E-state index is 12.9. The number of aliphatic imine (C=N–C) groups is 1. The molecule has 0 saturated carbocycles. The number of amidine groups is 1. The second kappa shape index (κ2) is 8.89. The third-order valence-corrected chi connectivity index (χ3v) is 6.04. The summed E-state index contributed by atoms with van der Waals surface area (Å²) in [5.41, 5.74) is 1.27. The Balaban J connectivity index is 2.40. The topological polar surface area (TPSA) is 125 Å². The van der Waals surface area contributed by atoms with Gasteiger partial charge in [-0.1, -0.05) is 11.6 Å². The number of fused-ring (bicyclic) bond motifs is 1. The molecule has 0 bridgehead atoms. The van der Waals surface area contributed by atoms with Crippen LogP contribution < -0.4 is 9.62 Å². The van der Waals surface area contributed by atoms with Crippen LogP contribution in [0.25, 0.3) is 0 Å². The van der Waals surface area contributed by atoms with Crippen molar-refractivity contribution >= 4 is 45.0 Å². The number of hydrogen-bond donors (Lipinski definition) is 2.